The molecule has 108 valence electrons. The van der Waals surface area contributed by atoms with Gasteiger partial charge < -0.3 is 9.73 Å². The summed E-state index contributed by atoms with van der Waals surface area (Å²) in [5, 5.41) is 8.03. The molecule has 3 aromatic rings. The summed E-state index contributed by atoms with van der Waals surface area (Å²) in [4.78, 5) is 16.3. The number of aromatic nitrogens is 3. The van der Waals surface area contributed by atoms with Crippen LogP contribution in [0.25, 0.3) is 11.0 Å². The van der Waals surface area contributed by atoms with Crippen LogP contribution in [0, 0.1) is 0 Å². The molecule has 0 fully saturated rings. The number of nitrogens with zero attached hydrogens (tertiary/aromatic N) is 3. The Labute approximate surface area is 125 Å². The zero-order valence-corrected chi connectivity index (χ0v) is 12.3. The van der Waals surface area contributed by atoms with Crippen molar-refractivity contribution in [3.05, 3.63) is 41.6 Å². The van der Waals surface area contributed by atoms with E-state index in [0.717, 1.165) is 11.0 Å². The number of fused-ring (bicyclic) bond motifs is 1. The van der Waals surface area contributed by atoms with E-state index in [1.54, 1.807) is 12.4 Å². The topological polar surface area (TPSA) is 73.0 Å². The molecule has 7 heteroatoms. The van der Waals surface area contributed by atoms with E-state index in [9.17, 15) is 4.79 Å². The average molecular weight is 305 g/mol. The molecule has 0 saturated heterocycles. The van der Waals surface area contributed by atoms with E-state index in [2.05, 4.69) is 15.4 Å². The SMILES string of the molecule is CC(C)n1ncc2cc(NC(=O)c3ccc(Cl)o3)cnc21. The Hall–Kier alpha value is -2.34. The van der Waals surface area contributed by atoms with Crippen LogP contribution < -0.4 is 5.32 Å². The molecule has 0 radical (unpaired) electrons. The molecule has 1 N–H and O–H groups in total. The first-order valence-corrected chi connectivity index (χ1v) is 6.82. The van der Waals surface area contributed by atoms with Crippen molar-refractivity contribution >= 4 is 34.2 Å². The third-order valence-electron chi connectivity index (χ3n) is 2.98. The number of nitrogens with one attached hydrogen (secondary N) is 1. The minimum atomic E-state index is -0.376. The lowest BCUT2D eigenvalue weighted by Crippen LogP contribution is -2.11. The highest BCUT2D eigenvalue weighted by Crippen LogP contribution is 2.20. The number of carbonyl (C=O) groups excluding carboxylic acids is 1. The number of halogens is 1. The molecule has 3 heterocycles. The molecule has 0 spiro atoms. The third-order valence-corrected chi connectivity index (χ3v) is 3.18. The normalized spacial score (nSPS) is 11.2. The van der Waals surface area contributed by atoms with Crippen molar-refractivity contribution in [3.8, 4) is 0 Å². The van der Waals surface area contributed by atoms with Crippen LogP contribution >= 0.6 is 11.6 Å². The zero-order valence-electron chi connectivity index (χ0n) is 11.5. The molecule has 6 nitrogen and oxygen atoms in total. The second kappa shape index (κ2) is 5.21. The Bertz CT molecular complexity index is 806. The first-order valence-electron chi connectivity index (χ1n) is 6.44. The zero-order chi connectivity index (χ0) is 15.0. The summed E-state index contributed by atoms with van der Waals surface area (Å²) in [6.07, 6.45) is 3.31. The van der Waals surface area contributed by atoms with Crippen LogP contribution in [0.5, 0.6) is 0 Å². The monoisotopic (exact) mass is 304 g/mol. The minimum Gasteiger partial charge on any atom is -0.440 e. The summed E-state index contributed by atoms with van der Waals surface area (Å²) in [7, 11) is 0. The van der Waals surface area contributed by atoms with Crippen molar-refractivity contribution in [2.75, 3.05) is 5.32 Å². The molecule has 0 aliphatic rings. The van der Waals surface area contributed by atoms with Gasteiger partial charge in [-0.2, -0.15) is 5.10 Å². The molecule has 1 amide bonds. The summed E-state index contributed by atoms with van der Waals surface area (Å²) in [6, 6.07) is 5.07. The van der Waals surface area contributed by atoms with E-state index in [4.69, 9.17) is 16.0 Å². The molecule has 0 saturated carbocycles. The number of amides is 1. The highest BCUT2D eigenvalue weighted by atomic mass is 35.5. The maximum Gasteiger partial charge on any atom is 0.291 e. The van der Waals surface area contributed by atoms with Gasteiger partial charge in [0.2, 0.25) is 0 Å². The van der Waals surface area contributed by atoms with Crippen molar-refractivity contribution in [2.24, 2.45) is 0 Å². The average Bonchev–Trinajstić information content (AvgIpc) is 3.04. The molecule has 0 unspecified atom stereocenters. The number of rotatable bonds is 3. The fourth-order valence-electron chi connectivity index (χ4n) is 2.02. The summed E-state index contributed by atoms with van der Waals surface area (Å²) in [5.41, 5.74) is 1.35. The first-order chi connectivity index (χ1) is 10.0. The summed E-state index contributed by atoms with van der Waals surface area (Å²) in [5.74, 6) is -0.225. The molecular weight excluding hydrogens is 292 g/mol. The molecule has 3 aromatic heterocycles. The third kappa shape index (κ3) is 2.62. The van der Waals surface area contributed by atoms with Gasteiger partial charge in [-0.25, -0.2) is 9.67 Å². The van der Waals surface area contributed by atoms with E-state index in [1.165, 1.54) is 12.1 Å². The number of hydrogen-bond acceptors (Lipinski definition) is 4. The lowest BCUT2D eigenvalue weighted by Gasteiger charge is -2.07. The molecule has 0 bridgehead atoms. The lowest BCUT2D eigenvalue weighted by molar-refractivity contribution is 0.0996. The number of carbonyl (C=O) groups is 1. The fourth-order valence-corrected chi connectivity index (χ4v) is 2.16. The standard InChI is InChI=1S/C14H13ClN4O2/c1-8(2)19-13-9(6-17-19)5-10(7-16-13)18-14(20)11-3-4-12(15)21-11/h3-8H,1-2H3,(H,18,20). The minimum absolute atomic E-state index is 0.151. The predicted octanol–water partition coefficient (Wildman–Crippen LogP) is 3.51. The van der Waals surface area contributed by atoms with Crippen molar-refractivity contribution in [2.45, 2.75) is 19.9 Å². The molecule has 0 atom stereocenters. The highest BCUT2D eigenvalue weighted by molar-refractivity contribution is 6.29. The highest BCUT2D eigenvalue weighted by Gasteiger charge is 2.13. The van der Waals surface area contributed by atoms with Crippen LogP contribution in [0.3, 0.4) is 0 Å². The van der Waals surface area contributed by atoms with Gasteiger partial charge in [0.15, 0.2) is 16.6 Å². The fraction of sp³-hybridized carbons (Fsp3) is 0.214. The molecular formula is C14H13ClN4O2. The van der Waals surface area contributed by atoms with Crippen LogP contribution in [0.4, 0.5) is 5.69 Å². The van der Waals surface area contributed by atoms with E-state index in [1.807, 2.05) is 24.6 Å². The lowest BCUT2D eigenvalue weighted by atomic mass is 10.3. The Morgan fingerprint density at radius 2 is 2.19 bits per heavy atom. The van der Waals surface area contributed by atoms with Crippen molar-refractivity contribution < 1.29 is 9.21 Å². The Morgan fingerprint density at radius 1 is 1.38 bits per heavy atom. The van der Waals surface area contributed by atoms with E-state index < -0.39 is 0 Å². The molecule has 21 heavy (non-hydrogen) atoms. The van der Waals surface area contributed by atoms with E-state index in [-0.39, 0.29) is 22.9 Å². The number of furan rings is 1. The summed E-state index contributed by atoms with van der Waals surface area (Å²) >= 11 is 5.65. The predicted molar refractivity (Wildman–Crippen MR) is 79.6 cm³/mol. The van der Waals surface area contributed by atoms with Gasteiger partial charge in [-0.15, -0.1) is 0 Å². The van der Waals surface area contributed by atoms with Gasteiger partial charge in [-0.05, 0) is 43.6 Å². The van der Waals surface area contributed by atoms with Gasteiger partial charge in [0.05, 0.1) is 18.1 Å². The van der Waals surface area contributed by atoms with E-state index in [0.29, 0.717) is 5.69 Å². The Kier molecular flexibility index (Phi) is 3.39. The molecule has 3 rings (SSSR count). The quantitative estimate of drug-likeness (QED) is 0.803. The van der Waals surface area contributed by atoms with Crippen molar-refractivity contribution in [1.82, 2.24) is 14.8 Å². The van der Waals surface area contributed by atoms with Crippen LogP contribution in [0.2, 0.25) is 5.22 Å². The van der Waals surface area contributed by atoms with Gasteiger partial charge in [-0.3, -0.25) is 4.79 Å². The van der Waals surface area contributed by atoms with Crippen molar-refractivity contribution in [1.29, 1.82) is 0 Å². The van der Waals surface area contributed by atoms with Crippen LogP contribution in [-0.4, -0.2) is 20.7 Å². The van der Waals surface area contributed by atoms with Crippen LogP contribution in [-0.2, 0) is 0 Å². The van der Waals surface area contributed by atoms with Crippen LogP contribution in [0.1, 0.15) is 30.4 Å². The summed E-state index contributed by atoms with van der Waals surface area (Å²) in [6.45, 7) is 4.06. The van der Waals surface area contributed by atoms with Crippen LogP contribution in [0.15, 0.2) is 35.0 Å². The molecule has 0 aromatic carbocycles. The maximum atomic E-state index is 12.0. The molecule has 0 aliphatic carbocycles. The van der Waals surface area contributed by atoms with Gasteiger partial charge in [0.1, 0.15) is 0 Å². The molecule has 0 aliphatic heterocycles. The maximum absolute atomic E-state index is 12.0. The summed E-state index contributed by atoms with van der Waals surface area (Å²) < 4.78 is 6.88. The van der Waals surface area contributed by atoms with Gasteiger partial charge >= 0.3 is 0 Å². The van der Waals surface area contributed by atoms with Gasteiger partial charge in [0, 0.05) is 11.4 Å². The Morgan fingerprint density at radius 3 is 2.86 bits per heavy atom. The first kappa shape index (κ1) is 13.6. The van der Waals surface area contributed by atoms with Gasteiger partial charge in [-0.1, -0.05) is 0 Å². The van der Waals surface area contributed by atoms with Gasteiger partial charge in [0.25, 0.3) is 5.91 Å². The number of hydrogen-bond donors (Lipinski definition) is 1. The Balaban J connectivity index is 1.86. The number of pyridine rings is 1. The van der Waals surface area contributed by atoms with Crippen molar-refractivity contribution in [3.63, 3.8) is 0 Å². The number of anilines is 1. The second-order valence-corrected chi connectivity index (χ2v) is 5.25. The van der Waals surface area contributed by atoms with E-state index >= 15 is 0 Å². The largest absolute Gasteiger partial charge is 0.440 e. The second-order valence-electron chi connectivity index (χ2n) is 4.88. The smallest absolute Gasteiger partial charge is 0.291 e.